The number of likely N-dealkylation sites (tertiary alicyclic amines) is 1. The average molecular weight is 379 g/mol. The summed E-state index contributed by atoms with van der Waals surface area (Å²) >= 11 is 0. The zero-order chi connectivity index (χ0) is 19.4. The summed E-state index contributed by atoms with van der Waals surface area (Å²) < 4.78 is 48.9. The van der Waals surface area contributed by atoms with Crippen molar-refractivity contribution in [2.75, 3.05) is 26.8 Å². The minimum atomic E-state index is -5.08. The van der Waals surface area contributed by atoms with E-state index in [-0.39, 0.29) is 11.7 Å². The number of ether oxygens (including phenoxy) is 2. The normalized spacial score (nSPS) is 26.6. The number of alkyl halides is 3. The molecule has 0 bridgehead atoms. The van der Waals surface area contributed by atoms with E-state index >= 15 is 0 Å². The van der Waals surface area contributed by atoms with E-state index in [1.807, 2.05) is 13.0 Å². The van der Waals surface area contributed by atoms with E-state index in [1.54, 1.807) is 7.11 Å². The number of piperidine rings is 1. The first-order valence-corrected chi connectivity index (χ1v) is 8.38. The van der Waals surface area contributed by atoms with E-state index in [9.17, 15) is 13.2 Å². The van der Waals surface area contributed by atoms with Crippen LogP contribution in [0.3, 0.4) is 0 Å². The predicted molar refractivity (Wildman–Crippen MR) is 85.7 cm³/mol. The van der Waals surface area contributed by atoms with Crippen LogP contribution >= 0.6 is 0 Å². The fourth-order valence-electron chi connectivity index (χ4n) is 3.35. The SMILES string of the molecule is CO[C@@H]1CO[C@@]2(CCCN(Cc3ccc(C)o3)C2)C1.O=C(O)C(F)(F)F. The largest absolute Gasteiger partial charge is 0.490 e. The molecule has 2 aliphatic heterocycles. The van der Waals surface area contributed by atoms with Gasteiger partial charge in [0, 0.05) is 20.1 Å². The molecule has 0 aliphatic carbocycles. The van der Waals surface area contributed by atoms with Crippen LogP contribution in [0, 0.1) is 6.92 Å². The molecule has 2 atom stereocenters. The fourth-order valence-corrected chi connectivity index (χ4v) is 3.35. The number of furan rings is 1. The van der Waals surface area contributed by atoms with Gasteiger partial charge in [-0.1, -0.05) is 0 Å². The summed E-state index contributed by atoms with van der Waals surface area (Å²) in [4.78, 5) is 11.3. The van der Waals surface area contributed by atoms with E-state index < -0.39 is 12.1 Å². The average Bonchev–Trinajstić information content (AvgIpc) is 3.14. The molecule has 1 N–H and O–H groups in total. The lowest BCUT2D eigenvalue weighted by molar-refractivity contribution is -0.192. The molecule has 0 aromatic carbocycles. The van der Waals surface area contributed by atoms with Gasteiger partial charge in [0.25, 0.3) is 0 Å². The monoisotopic (exact) mass is 379 g/mol. The van der Waals surface area contributed by atoms with Crippen LogP contribution in [0.1, 0.15) is 30.8 Å². The molecule has 2 fully saturated rings. The smallest absolute Gasteiger partial charge is 0.475 e. The summed E-state index contributed by atoms with van der Waals surface area (Å²) in [5.74, 6) is -0.721. The maximum absolute atomic E-state index is 10.6. The van der Waals surface area contributed by atoms with Crippen LogP contribution in [-0.4, -0.2) is 60.7 Å². The molecule has 1 aromatic heterocycles. The first kappa shape index (κ1) is 20.7. The van der Waals surface area contributed by atoms with Crippen molar-refractivity contribution in [1.29, 1.82) is 0 Å². The quantitative estimate of drug-likeness (QED) is 0.871. The number of carbonyl (C=O) groups is 1. The fraction of sp³-hybridized carbons (Fsp3) is 0.706. The number of carboxylic acids is 1. The van der Waals surface area contributed by atoms with Gasteiger partial charge in [-0.25, -0.2) is 4.79 Å². The zero-order valence-corrected chi connectivity index (χ0v) is 14.8. The van der Waals surface area contributed by atoms with Crippen LogP contribution in [0.25, 0.3) is 0 Å². The highest BCUT2D eigenvalue weighted by atomic mass is 19.4. The predicted octanol–water partition coefficient (Wildman–Crippen LogP) is 2.99. The van der Waals surface area contributed by atoms with Crippen LogP contribution in [0.5, 0.6) is 0 Å². The Bertz CT molecular complexity index is 603. The maximum Gasteiger partial charge on any atom is 0.490 e. The summed E-state index contributed by atoms with van der Waals surface area (Å²) in [6.45, 7) is 5.74. The molecule has 0 amide bonds. The first-order valence-electron chi connectivity index (χ1n) is 8.38. The van der Waals surface area contributed by atoms with Crippen molar-refractivity contribution in [3.63, 3.8) is 0 Å². The number of hydrogen-bond donors (Lipinski definition) is 1. The van der Waals surface area contributed by atoms with Gasteiger partial charge in [0.2, 0.25) is 0 Å². The number of halogens is 3. The molecule has 6 nitrogen and oxygen atoms in total. The van der Waals surface area contributed by atoms with Crippen molar-refractivity contribution >= 4 is 5.97 Å². The van der Waals surface area contributed by atoms with Crippen molar-refractivity contribution in [3.05, 3.63) is 23.7 Å². The number of aliphatic carboxylic acids is 1. The van der Waals surface area contributed by atoms with Crippen molar-refractivity contribution in [3.8, 4) is 0 Å². The van der Waals surface area contributed by atoms with Crippen molar-refractivity contribution in [1.82, 2.24) is 4.90 Å². The number of carboxylic acid groups (broad SMARTS) is 1. The summed E-state index contributed by atoms with van der Waals surface area (Å²) in [5.41, 5.74) is 0.0144. The molecule has 0 saturated carbocycles. The second kappa shape index (κ2) is 8.41. The van der Waals surface area contributed by atoms with E-state index in [0.29, 0.717) is 0 Å². The highest BCUT2D eigenvalue weighted by Crippen LogP contribution is 2.36. The van der Waals surface area contributed by atoms with Gasteiger partial charge in [-0.05, 0) is 38.4 Å². The lowest BCUT2D eigenvalue weighted by Gasteiger charge is -2.39. The lowest BCUT2D eigenvalue weighted by atomic mass is 9.89. The summed E-state index contributed by atoms with van der Waals surface area (Å²) in [7, 11) is 1.78. The Balaban J connectivity index is 0.000000298. The Kier molecular flexibility index (Phi) is 6.70. The highest BCUT2D eigenvalue weighted by molar-refractivity contribution is 5.73. The second-order valence-electron chi connectivity index (χ2n) is 6.69. The third kappa shape index (κ3) is 5.72. The van der Waals surface area contributed by atoms with E-state index in [2.05, 4.69) is 11.0 Å². The van der Waals surface area contributed by atoms with Crippen LogP contribution in [-0.2, 0) is 20.8 Å². The minimum absolute atomic E-state index is 0.0144. The molecule has 0 radical (unpaired) electrons. The highest BCUT2D eigenvalue weighted by Gasteiger charge is 2.43. The molecule has 3 rings (SSSR count). The third-order valence-corrected chi connectivity index (χ3v) is 4.54. The summed E-state index contributed by atoms with van der Waals surface area (Å²) in [5, 5.41) is 7.12. The standard InChI is InChI=1S/C15H23NO3.C2HF3O2/c1-12-4-5-13(19-12)9-16-7-3-6-15(11-16)8-14(17-2)10-18-15;3-2(4,5)1(6)7/h4-5,14H,3,6-11H2,1-2H3;(H,6,7)/t14-,15-;/m0./s1. The molecule has 26 heavy (non-hydrogen) atoms. The van der Waals surface area contributed by atoms with Crippen molar-refractivity contribution in [2.45, 2.75) is 50.6 Å². The van der Waals surface area contributed by atoms with Gasteiger partial charge in [0.05, 0.1) is 24.9 Å². The van der Waals surface area contributed by atoms with Gasteiger partial charge in [0.1, 0.15) is 11.5 Å². The van der Waals surface area contributed by atoms with E-state index in [1.165, 1.54) is 6.42 Å². The van der Waals surface area contributed by atoms with Crippen LogP contribution in [0.2, 0.25) is 0 Å². The van der Waals surface area contributed by atoms with Gasteiger partial charge < -0.3 is 19.0 Å². The van der Waals surface area contributed by atoms with Crippen LogP contribution in [0.4, 0.5) is 13.2 Å². The van der Waals surface area contributed by atoms with Gasteiger partial charge in [-0.2, -0.15) is 13.2 Å². The van der Waals surface area contributed by atoms with Gasteiger partial charge in [-0.3, -0.25) is 4.90 Å². The molecule has 1 aromatic rings. The van der Waals surface area contributed by atoms with E-state index in [0.717, 1.165) is 50.6 Å². The number of methoxy groups -OCH3 is 1. The molecule has 1 spiro atoms. The molecular formula is C17H24F3NO5. The molecule has 9 heteroatoms. The van der Waals surface area contributed by atoms with Crippen molar-refractivity contribution in [2.24, 2.45) is 0 Å². The zero-order valence-electron chi connectivity index (χ0n) is 14.8. The van der Waals surface area contributed by atoms with Crippen molar-refractivity contribution < 1.29 is 37.0 Å². The van der Waals surface area contributed by atoms with Crippen LogP contribution in [0.15, 0.2) is 16.5 Å². The maximum atomic E-state index is 10.6. The first-order chi connectivity index (χ1) is 12.1. The number of rotatable bonds is 3. The third-order valence-electron chi connectivity index (χ3n) is 4.54. The van der Waals surface area contributed by atoms with Gasteiger partial charge in [0.15, 0.2) is 0 Å². The Hall–Kier alpha value is -1.58. The molecule has 2 aliphatic rings. The molecule has 2 saturated heterocycles. The second-order valence-corrected chi connectivity index (χ2v) is 6.69. The topological polar surface area (TPSA) is 72.1 Å². The molecule has 148 valence electrons. The summed E-state index contributed by atoms with van der Waals surface area (Å²) in [6, 6.07) is 4.10. The van der Waals surface area contributed by atoms with Gasteiger partial charge in [-0.15, -0.1) is 0 Å². The van der Waals surface area contributed by atoms with Gasteiger partial charge >= 0.3 is 12.1 Å². The van der Waals surface area contributed by atoms with Crippen LogP contribution < -0.4 is 0 Å². The number of aryl methyl sites for hydroxylation is 1. The molecule has 0 unspecified atom stereocenters. The number of nitrogens with zero attached hydrogens (tertiary/aromatic N) is 1. The Labute approximate surface area is 149 Å². The Morgan fingerprint density at radius 3 is 2.65 bits per heavy atom. The summed E-state index contributed by atoms with van der Waals surface area (Å²) in [6.07, 6.45) is -1.45. The molecule has 3 heterocycles. The van der Waals surface area contributed by atoms with E-state index in [4.69, 9.17) is 23.8 Å². The minimum Gasteiger partial charge on any atom is -0.475 e. The molecular weight excluding hydrogens is 355 g/mol. The number of hydrogen-bond acceptors (Lipinski definition) is 5. The Morgan fingerprint density at radius 1 is 1.46 bits per heavy atom. The lowest BCUT2D eigenvalue weighted by Crippen LogP contribution is -2.47. The Morgan fingerprint density at radius 2 is 2.15 bits per heavy atom.